The van der Waals surface area contributed by atoms with Crippen molar-refractivity contribution in [3.05, 3.63) is 27.7 Å². The lowest BCUT2D eigenvalue weighted by Gasteiger charge is -2.20. The first kappa shape index (κ1) is 12.5. The Bertz CT molecular complexity index is 353. The Morgan fingerprint density at radius 3 is 2.53 bits per heavy atom. The molecule has 0 radical (unpaired) electrons. The number of aliphatic hydroxyl groups is 1. The van der Waals surface area contributed by atoms with Crippen LogP contribution in [0.2, 0.25) is 0 Å². The molecule has 0 aliphatic rings. The fourth-order valence-electron chi connectivity index (χ4n) is 1.45. The third-order valence-corrected chi connectivity index (χ3v) is 3.19. The molecule has 1 aromatic rings. The van der Waals surface area contributed by atoms with Gasteiger partial charge in [-0.05, 0) is 41.4 Å². The van der Waals surface area contributed by atoms with Crippen LogP contribution in [0.1, 0.15) is 24.2 Å². The highest BCUT2D eigenvalue weighted by atomic mass is 79.9. The summed E-state index contributed by atoms with van der Waals surface area (Å²) in [6, 6.07) is 3.45. The standard InChI is InChI=1S/C11H16BrNO2/c1-6-4-5-8(15-3)10(12)9(6)11(14)7(2)13/h4-5,7,11,14H,13H2,1-3H3. The Morgan fingerprint density at radius 2 is 2.07 bits per heavy atom. The second-order valence-corrected chi connectivity index (χ2v) is 4.41. The van der Waals surface area contributed by atoms with Crippen molar-refractivity contribution in [2.24, 2.45) is 5.73 Å². The number of rotatable bonds is 3. The summed E-state index contributed by atoms with van der Waals surface area (Å²) in [5.74, 6) is 0.704. The molecular weight excluding hydrogens is 258 g/mol. The second-order valence-electron chi connectivity index (χ2n) is 3.62. The predicted octanol–water partition coefficient (Wildman–Crippen LogP) is 2.15. The third kappa shape index (κ3) is 2.51. The molecule has 15 heavy (non-hydrogen) atoms. The van der Waals surface area contributed by atoms with E-state index in [2.05, 4.69) is 15.9 Å². The average molecular weight is 274 g/mol. The molecule has 0 bridgehead atoms. The number of aryl methyl sites for hydroxylation is 1. The Balaban J connectivity index is 3.26. The number of hydrogen-bond acceptors (Lipinski definition) is 3. The van der Waals surface area contributed by atoms with Crippen LogP contribution in [0.25, 0.3) is 0 Å². The summed E-state index contributed by atoms with van der Waals surface area (Å²) in [4.78, 5) is 0. The summed E-state index contributed by atoms with van der Waals surface area (Å²) in [5, 5.41) is 9.97. The summed E-state index contributed by atoms with van der Waals surface area (Å²) in [6.07, 6.45) is -0.686. The van der Waals surface area contributed by atoms with E-state index in [1.165, 1.54) is 0 Å². The lowest BCUT2D eigenvalue weighted by Crippen LogP contribution is -2.25. The maximum absolute atomic E-state index is 9.97. The minimum Gasteiger partial charge on any atom is -0.496 e. The van der Waals surface area contributed by atoms with Crippen molar-refractivity contribution in [1.82, 2.24) is 0 Å². The first-order chi connectivity index (χ1) is 6.99. The van der Waals surface area contributed by atoms with E-state index in [4.69, 9.17) is 10.5 Å². The van der Waals surface area contributed by atoms with E-state index >= 15 is 0 Å². The highest BCUT2D eigenvalue weighted by Gasteiger charge is 2.20. The van der Waals surface area contributed by atoms with Gasteiger partial charge in [0.05, 0.1) is 17.7 Å². The van der Waals surface area contributed by atoms with Crippen LogP contribution < -0.4 is 10.5 Å². The smallest absolute Gasteiger partial charge is 0.133 e. The minimum atomic E-state index is -0.686. The first-order valence-electron chi connectivity index (χ1n) is 4.75. The largest absolute Gasteiger partial charge is 0.496 e. The van der Waals surface area contributed by atoms with Crippen LogP contribution in [0.3, 0.4) is 0 Å². The summed E-state index contributed by atoms with van der Waals surface area (Å²) >= 11 is 3.42. The molecule has 0 fully saturated rings. The molecular formula is C11H16BrNO2. The van der Waals surface area contributed by atoms with Crippen LogP contribution in [0, 0.1) is 6.92 Å². The number of methoxy groups -OCH3 is 1. The lowest BCUT2D eigenvalue weighted by atomic mass is 9.99. The number of aliphatic hydroxyl groups excluding tert-OH is 1. The van der Waals surface area contributed by atoms with E-state index in [-0.39, 0.29) is 6.04 Å². The molecule has 0 amide bonds. The zero-order valence-corrected chi connectivity index (χ0v) is 10.7. The Hall–Kier alpha value is -0.580. The van der Waals surface area contributed by atoms with Gasteiger partial charge in [-0.15, -0.1) is 0 Å². The van der Waals surface area contributed by atoms with E-state index in [1.54, 1.807) is 14.0 Å². The molecule has 0 aliphatic heterocycles. The SMILES string of the molecule is COc1ccc(C)c(C(O)C(C)N)c1Br. The summed E-state index contributed by atoms with van der Waals surface area (Å²) in [7, 11) is 1.59. The van der Waals surface area contributed by atoms with Gasteiger partial charge in [-0.25, -0.2) is 0 Å². The van der Waals surface area contributed by atoms with Crippen molar-refractivity contribution >= 4 is 15.9 Å². The predicted molar refractivity (Wildman–Crippen MR) is 64.0 cm³/mol. The number of ether oxygens (including phenoxy) is 1. The fourth-order valence-corrected chi connectivity index (χ4v) is 2.29. The number of hydrogen-bond donors (Lipinski definition) is 2. The van der Waals surface area contributed by atoms with Crippen molar-refractivity contribution in [3.8, 4) is 5.75 Å². The van der Waals surface area contributed by atoms with Crippen molar-refractivity contribution in [2.45, 2.75) is 26.0 Å². The average Bonchev–Trinajstić information content (AvgIpc) is 2.17. The van der Waals surface area contributed by atoms with Gasteiger partial charge in [-0.2, -0.15) is 0 Å². The molecule has 4 heteroatoms. The molecule has 3 N–H and O–H groups in total. The van der Waals surface area contributed by atoms with Crippen molar-refractivity contribution in [3.63, 3.8) is 0 Å². The lowest BCUT2D eigenvalue weighted by molar-refractivity contribution is 0.151. The van der Waals surface area contributed by atoms with Crippen LogP contribution >= 0.6 is 15.9 Å². The fraction of sp³-hybridized carbons (Fsp3) is 0.455. The van der Waals surface area contributed by atoms with Crippen molar-refractivity contribution in [1.29, 1.82) is 0 Å². The molecule has 0 saturated carbocycles. The number of benzene rings is 1. The molecule has 0 spiro atoms. The van der Waals surface area contributed by atoms with E-state index in [9.17, 15) is 5.11 Å². The van der Waals surface area contributed by atoms with E-state index in [0.29, 0.717) is 5.75 Å². The molecule has 3 nitrogen and oxygen atoms in total. The zero-order chi connectivity index (χ0) is 11.6. The van der Waals surface area contributed by atoms with Gasteiger partial charge >= 0.3 is 0 Å². The van der Waals surface area contributed by atoms with Crippen LogP contribution in [-0.2, 0) is 0 Å². The van der Waals surface area contributed by atoms with Gasteiger partial charge in [0.25, 0.3) is 0 Å². The molecule has 0 saturated heterocycles. The van der Waals surface area contributed by atoms with Gasteiger partial charge in [0.15, 0.2) is 0 Å². The minimum absolute atomic E-state index is 0.313. The molecule has 0 aliphatic carbocycles. The van der Waals surface area contributed by atoms with E-state index < -0.39 is 6.10 Å². The topological polar surface area (TPSA) is 55.5 Å². The highest BCUT2D eigenvalue weighted by Crippen LogP contribution is 2.35. The molecule has 1 rings (SSSR count). The summed E-state index contributed by atoms with van der Waals surface area (Å²) in [6.45, 7) is 3.71. The van der Waals surface area contributed by atoms with Crippen LogP contribution in [-0.4, -0.2) is 18.3 Å². The molecule has 0 aromatic heterocycles. The Morgan fingerprint density at radius 1 is 1.47 bits per heavy atom. The van der Waals surface area contributed by atoms with Crippen LogP contribution in [0.15, 0.2) is 16.6 Å². The van der Waals surface area contributed by atoms with Crippen molar-refractivity contribution < 1.29 is 9.84 Å². The van der Waals surface area contributed by atoms with E-state index in [0.717, 1.165) is 15.6 Å². The van der Waals surface area contributed by atoms with Gasteiger partial charge in [0.1, 0.15) is 5.75 Å². The maximum Gasteiger partial charge on any atom is 0.133 e. The van der Waals surface area contributed by atoms with Gasteiger partial charge in [-0.1, -0.05) is 6.07 Å². The number of nitrogens with two attached hydrogens (primary N) is 1. The first-order valence-corrected chi connectivity index (χ1v) is 5.55. The highest BCUT2D eigenvalue weighted by molar-refractivity contribution is 9.10. The normalized spacial score (nSPS) is 14.8. The van der Waals surface area contributed by atoms with Gasteiger partial charge in [-0.3, -0.25) is 0 Å². The van der Waals surface area contributed by atoms with Crippen molar-refractivity contribution in [2.75, 3.05) is 7.11 Å². The van der Waals surface area contributed by atoms with Gasteiger partial charge < -0.3 is 15.6 Å². The molecule has 2 atom stereocenters. The van der Waals surface area contributed by atoms with E-state index in [1.807, 2.05) is 19.1 Å². The summed E-state index contributed by atoms with van der Waals surface area (Å²) in [5.41, 5.74) is 7.47. The summed E-state index contributed by atoms with van der Waals surface area (Å²) < 4.78 is 5.94. The Kier molecular flexibility index (Phi) is 4.13. The Labute approximate surface area is 98.4 Å². The second kappa shape index (κ2) is 4.96. The van der Waals surface area contributed by atoms with Crippen LogP contribution in [0.5, 0.6) is 5.75 Å². The van der Waals surface area contributed by atoms with Gasteiger partial charge in [0.2, 0.25) is 0 Å². The number of halogens is 1. The molecule has 1 aromatic carbocycles. The monoisotopic (exact) mass is 273 g/mol. The zero-order valence-electron chi connectivity index (χ0n) is 9.12. The molecule has 0 heterocycles. The molecule has 84 valence electrons. The third-order valence-electron chi connectivity index (χ3n) is 2.38. The quantitative estimate of drug-likeness (QED) is 0.888. The molecule has 2 unspecified atom stereocenters. The maximum atomic E-state index is 9.97. The van der Waals surface area contributed by atoms with Crippen LogP contribution in [0.4, 0.5) is 0 Å². The van der Waals surface area contributed by atoms with Gasteiger partial charge in [0, 0.05) is 11.6 Å².